The van der Waals surface area contributed by atoms with Crippen molar-refractivity contribution in [1.82, 2.24) is 24.5 Å². The van der Waals surface area contributed by atoms with Crippen molar-refractivity contribution in [3.8, 4) is 17.2 Å². The fraction of sp³-hybridized carbons (Fsp3) is 0.0769. The van der Waals surface area contributed by atoms with E-state index in [1.807, 2.05) is 0 Å². The summed E-state index contributed by atoms with van der Waals surface area (Å²) in [4.78, 5) is 38.7. The van der Waals surface area contributed by atoms with E-state index in [9.17, 15) is 14.4 Å². The van der Waals surface area contributed by atoms with Crippen molar-refractivity contribution in [3.05, 3.63) is 57.1 Å². The molecule has 0 aliphatic carbocycles. The number of nitrogens with zero attached hydrogens (tertiary/aromatic N) is 5. The first-order valence-corrected chi connectivity index (χ1v) is 6.32. The van der Waals surface area contributed by atoms with E-state index >= 15 is 0 Å². The first kappa shape index (κ1) is 14.4. The molecule has 0 amide bonds. The zero-order valence-corrected chi connectivity index (χ0v) is 11.7. The molecule has 3 rings (SSSR count). The number of carbonyl (C=O) groups is 1. The minimum Gasteiger partial charge on any atom is -0.474 e. The second-order valence-electron chi connectivity index (χ2n) is 4.47. The van der Waals surface area contributed by atoms with Crippen LogP contribution in [0.15, 0.2) is 44.4 Å². The molecule has 1 aromatic carbocycles. The van der Waals surface area contributed by atoms with Gasteiger partial charge in [0, 0.05) is 7.05 Å². The van der Waals surface area contributed by atoms with E-state index < -0.39 is 23.1 Å². The van der Waals surface area contributed by atoms with E-state index in [2.05, 4.69) is 19.8 Å². The highest BCUT2D eigenvalue weighted by molar-refractivity contribution is 5.82. The highest BCUT2D eigenvalue weighted by atomic mass is 16.5. The molecule has 2 heterocycles. The van der Waals surface area contributed by atoms with Crippen molar-refractivity contribution < 1.29 is 14.4 Å². The van der Waals surface area contributed by atoms with Crippen LogP contribution >= 0.6 is 0 Å². The lowest BCUT2D eigenvalue weighted by atomic mass is 10.3. The molecule has 0 saturated carbocycles. The minimum absolute atomic E-state index is 0.299. The molecule has 0 unspecified atom stereocenters. The van der Waals surface area contributed by atoms with Crippen LogP contribution in [0.5, 0.6) is 0 Å². The van der Waals surface area contributed by atoms with Crippen LogP contribution in [0.1, 0.15) is 10.7 Å². The Labute approximate surface area is 127 Å². The van der Waals surface area contributed by atoms with Gasteiger partial charge in [-0.05, 0) is 12.1 Å². The number of carboxylic acids is 1. The molecule has 0 aliphatic rings. The highest BCUT2D eigenvalue weighted by Gasteiger charge is 2.21. The zero-order chi connectivity index (χ0) is 16.6. The average Bonchev–Trinajstić information content (AvgIpc) is 3.04. The van der Waals surface area contributed by atoms with Crippen LogP contribution in [0.25, 0.3) is 17.2 Å². The number of aromatic carboxylic acids is 1. The number of carboxylic acid groups (broad SMARTS) is 1. The van der Waals surface area contributed by atoms with E-state index in [0.29, 0.717) is 5.69 Å². The summed E-state index contributed by atoms with van der Waals surface area (Å²) in [5.41, 5.74) is -1.30. The maximum atomic E-state index is 12.2. The van der Waals surface area contributed by atoms with Gasteiger partial charge in [0.25, 0.3) is 5.56 Å². The van der Waals surface area contributed by atoms with E-state index in [0.717, 1.165) is 9.25 Å². The summed E-state index contributed by atoms with van der Waals surface area (Å²) in [6.45, 7) is 0. The Balaban J connectivity index is 2.26. The van der Waals surface area contributed by atoms with Crippen LogP contribution in [0, 0.1) is 0 Å². The summed E-state index contributed by atoms with van der Waals surface area (Å²) in [6, 6.07) is 8.41. The van der Waals surface area contributed by atoms with Gasteiger partial charge >= 0.3 is 17.5 Å². The predicted octanol–water partition coefficient (Wildman–Crippen LogP) is -0.321. The minimum atomic E-state index is -1.43. The Morgan fingerprint density at radius 3 is 2.52 bits per heavy atom. The predicted molar refractivity (Wildman–Crippen MR) is 75.3 cm³/mol. The van der Waals surface area contributed by atoms with E-state index in [-0.39, 0.29) is 11.5 Å². The Kier molecular flexibility index (Phi) is 3.33. The number of para-hydroxylation sites is 1. The Morgan fingerprint density at radius 1 is 1.22 bits per heavy atom. The van der Waals surface area contributed by atoms with Gasteiger partial charge in [-0.25, -0.2) is 9.59 Å². The number of hydrogen-bond acceptors (Lipinski definition) is 7. The van der Waals surface area contributed by atoms with E-state index in [4.69, 9.17) is 5.11 Å². The van der Waals surface area contributed by atoms with Crippen LogP contribution < -0.4 is 11.2 Å². The van der Waals surface area contributed by atoms with Crippen molar-refractivity contribution in [1.29, 1.82) is 0 Å². The number of benzene rings is 1. The summed E-state index contributed by atoms with van der Waals surface area (Å²) in [7, 11) is 1.27. The lowest BCUT2D eigenvalue weighted by molar-refractivity contribution is 0.0643. The molecule has 2 aromatic heterocycles. The third-order valence-electron chi connectivity index (χ3n) is 3.00. The van der Waals surface area contributed by atoms with Gasteiger partial charge in [-0.3, -0.25) is 9.36 Å². The van der Waals surface area contributed by atoms with Crippen molar-refractivity contribution in [2.45, 2.75) is 0 Å². The zero-order valence-electron chi connectivity index (χ0n) is 11.7. The SMILES string of the molecule is Cn1c(=O)c(-c2noc(C(=O)O)n2)nn(-c2ccccc2)c1=O. The summed E-state index contributed by atoms with van der Waals surface area (Å²) in [6.07, 6.45) is 0. The molecule has 10 nitrogen and oxygen atoms in total. The fourth-order valence-corrected chi connectivity index (χ4v) is 1.86. The van der Waals surface area contributed by atoms with Crippen molar-refractivity contribution in [2.24, 2.45) is 7.05 Å². The van der Waals surface area contributed by atoms with Gasteiger partial charge in [-0.15, -0.1) is 0 Å². The van der Waals surface area contributed by atoms with Gasteiger partial charge in [-0.1, -0.05) is 23.4 Å². The molecule has 116 valence electrons. The Morgan fingerprint density at radius 2 is 1.91 bits per heavy atom. The molecular weight excluding hydrogens is 306 g/mol. The molecule has 0 radical (unpaired) electrons. The fourth-order valence-electron chi connectivity index (χ4n) is 1.86. The third kappa shape index (κ3) is 2.41. The van der Waals surface area contributed by atoms with Crippen LogP contribution in [0.3, 0.4) is 0 Å². The van der Waals surface area contributed by atoms with Crippen molar-refractivity contribution in [3.63, 3.8) is 0 Å². The molecule has 0 fully saturated rings. The molecule has 1 N–H and O–H groups in total. The van der Waals surface area contributed by atoms with Crippen LogP contribution in [-0.4, -0.2) is 35.6 Å². The second-order valence-corrected chi connectivity index (χ2v) is 4.47. The summed E-state index contributed by atoms with van der Waals surface area (Å²) < 4.78 is 6.33. The van der Waals surface area contributed by atoms with E-state index in [1.165, 1.54) is 7.05 Å². The van der Waals surface area contributed by atoms with Gasteiger partial charge in [0.05, 0.1) is 5.69 Å². The van der Waals surface area contributed by atoms with Gasteiger partial charge in [-0.2, -0.15) is 14.8 Å². The first-order chi connectivity index (χ1) is 11.0. The topological polar surface area (TPSA) is 133 Å². The standard InChI is InChI=1S/C13H9N5O5/c1-17-11(19)8(9-14-10(12(20)21)23-16-9)15-18(13(17)22)7-5-3-2-4-6-7/h2-6H,1H3,(H,20,21). The quantitative estimate of drug-likeness (QED) is 0.695. The number of aromatic nitrogens is 5. The summed E-state index contributed by atoms with van der Waals surface area (Å²) in [5, 5.41) is 16.1. The monoisotopic (exact) mass is 315 g/mol. The molecule has 0 spiro atoms. The molecule has 0 saturated heterocycles. The molecule has 3 aromatic rings. The number of hydrogen-bond donors (Lipinski definition) is 1. The summed E-state index contributed by atoms with van der Waals surface area (Å²) in [5.74, 6) is -2.43. The summed E-state index contributed by atoms with van der Waals surface area (Å²) >= 11 is 0. The average molecular weight is 315 g/mol. The molecule has 0 aliphatic heterocycles. The van der Waals surface area contributed by atoms with Gasteiger partial charge in [0.1, 0.15) is 0 Å². The van der Waals surface area contributed by atoms with Crippen molar-refractivity contribution >= 4 is 5.97 Å². The highest BCUT2D eigenvalue weighted by Crippen LogP contribution is 2.09. The number of rotatable bonds is 3. The molecule has 10 heteroatoms. The van der Waals surface area contributed by atoms with Crippen LogP contribution in [0.2, 0.25) is 0 Å². The van der Waals surface area contributed by atoms with Crippen LogP contribution in [0.4, 0.5) is 0 Å². The first-order valence-electron chi connectivity index (χ1n) is 6.32. The maximum Gasteiger partial charge on any atom is 0.394 e. The second kappa shape index (κ2) is 5.33. The molecule has 23 heavy (non-hydrogen) atoms. The van der Waals surface area contributed by atoms with Gasteiger partial charge in [0.15, 0.2) is 5.69 Å². The Bertz CT molecular complexity index is 1000. The van der Waals surface area contributed by atoms with Crippen LogP contribution in [-0.2, 0) is 7.05 Å². The molecular formula is C13H9N5O5. The van der Waals surface area contributed by atoms with Crippen molar-refractivity contribution in [2.75, 3.05) is 0 Å². The lowest BCUT2D eigenvalue weighted by Crippen LogP contribution is -2.40. The van der Waals surface area contributed by atoms with Gasteiger partial charge in [0.2, 0.25) is 5.82 Å². The molecule has 0 bridgehead atoms. The molecule has 0 atom stereocenters. The maximum absolute atomic E-state index is 12.2. The van der Waals surface area contributed by atoms with E-state index in [1.54, 1.807) is 30.3 Å². The largest absolute Gasteiger partial charge is 0.474 e. The third-order valence-corrected chi connectivity index (χ3v) is 3.00. The van der Waals surface area contributed by atoms with Gasteiger partial charge < -0.3 is 9.63 Å². The Hall–Kier alpha value is -3.56. The lowest BCUT2D eigenvalue weighted by Gasteiger charge is -2.07. The smallest absolute Gasteiger partial charge is 0.394 e. The normalized spacial score (nSPS) is 10.7.